The molecule has 0 atom stereocenters. The Hall–Kier alpha value is -3.09. The first-order chi connectivity index (χ1) is 13.9. The zero-order chi connectivity index (χ0) is 20.4. The first-order valence-corrected chi connectivity index (χ1v) is 9.95. The van der Waals surface area contributed by atoms with Crippen molar-refractivity contribution in [2.45, 2.75) is 45.6 Å². The molecular weight excluding hydrogens is 368 g/mol. The van der Waals surface area contributed by atoms with Crippen LogP contribution in [0.5, 0.6) is 5.75 Å². The summed E-state index contributed by atoms with van der Waals surface area (Å²) in [5.74, 6) is 1.50. The first kappa shape index (κ1) is 19.2. The average molecular weight is 394 g/mol. The van der Waals surface area contributed by atoms with Crippen LogP contribution in [0.4, 0.5) is 10.6 Å². The van der Waals surface area contributed by atoms with E-state index in [1.165, 1.54) is 0 Å². The molecule has 2 aromatic heterocycles. The number of hydrogen-bond acceptors (Lipinski definition) is 5. The van der Waals surface area contributed by atoms with Crippen LogP contribution in [0.25, 0.3) is 10.9 Å². The van der Waals surface area contributed by atoms with Crippen molar-refractivity contribution in [1.29, 1.82) is 0 Å². The van der Waals surface area contributed by atoms with Crippen molar-refractivity contribution in [1.82, 2.24) is 15.2 Å². The molecule has 3 heterocycles. The third-order valence-corrected chi connectivity index (χ3v) is 4.77. The number of nitrogens with zero attached hydrogens (tertiary/aromatic N) is 3. The minimum absolute atomic E-state index is 0.342. The summed E-state index contributed by atoms with van der Waals surface area (Å²) >= 11 is 0. The lowest BCUT2D eigenvalue weighted by molar-refractivity contribution is 0.0576. The minimum atomic E-state index is -0.533. The largest absolute Gasteiger partial charge is 0.492 e. The predicted molar refractivity (Wildman–Crippen MR) is 111 cm³/mol. The first-order valence-electron chi connectivity index (χ1n) is 9.95. The number of pyridine rings is 1. The molecule has 1 aliphatic rings. The van der Waals surface area contributed by atoms with Gasteiger partial charge in [0.15, 0.2) is 0 Å². The van der Waals surface area contributed by atoms with E-state index in [-0.39, 0.29) is 6.09 Å². The van der Waals surface area contributed by atoms with Gasteiger partial charge in [-0.15, -0.1) is 0 Å². The predicted octanol–water partition coefficient (Wildman–Crippen LogP) is 4.27. The number of fused-ring (bicyclic) bond motifs is 2. The second-order valence-electron chi connectivity index (χ2n) is 8.21. The van der Waals surface area contributed by atoms with E-state index in [1.807, 2.05) is 45.0 Å². The normalized spacial score (nSPS) is 14.0. The van der Waals surface area contributed by atoms with Gasteiger partial charge in [-0.2, -0.15) is 5.10 Å². The van der Waals surface area contributed by atoms with Crippen molar-refractivity contribution >= 4 is 22.8 Å². The quantitative estimate of drug-likeness (QED) is 0.715. The van der Waals surface area contributed by atoms with Crippen LogP contribution < -0.4 is 9.64 Å². The standard InChI is InChI=1S/C22H26N4O3/c1-22(2,3)29-21(27)26-12-5-6-15-9-10-16(24-20(15)26)11-13-28-19-8-4-7-18-17(19)14-23-25-18/h4,7-10,14H,5-6,11-13H2,1-3H3,(H,23,25). The molecule has 0 unspecified atom stereocenters. The smallest absolute Gasteiger partial charge is 0.416 e. The minimum Gasteiger partial charge on any atom is -0.492 e. The number of rotatable bonds is 4. The van der Waals surface area contributed by atoms with Crippen LogP contribution >= 0.6 is 0 Å². The molecule has 0 saturated carbocycles. The fraction of sp³-hybridized carbons (Fsp3) is 0.409. The van der Waals surface area contributed by atoms with Gasteiger partial charge in [0.2, 0.25) is 0 Å². The Morgan fingerprint density at radius 2 is 2.10 bits per heavy atom. The highest BCUT2D eigenvalue weighted by Gasteiger charge is 2.28. The van der Waals surface area contributed by atoms with Gasteiger partial charge in [0.25, 0.3) is 0 Å². The Morgan fingerprint density at radius 3 is 2.93 bits per heavy atom. The highest BCUT2D eigenvalue weighted by atomic mass is 16.6. The van der Waals surface area contributed by atoms with Gasteiger partial charge in [0, 0.05) is 18.7 Å². The Kier molecular flexibility index (Phi) is 5.13. The number of amides is 1. The Bertz CT molecular complexity index is 1020. The van der Waals surface area contributed by atoms with Crippen molar-refractivity contribution in [2.75, 3.05) is 18.1 Å². The lowest BCUT2D eigenvalue weighted by Gasteiger charge is -2.31. The Morgan fingerprint density at radius 1 is 1.24 bits per heavy atom. The fourth-order valence-electron chi connectivity index (χ4n) is 3.45. The molecule has 0 radical (unpaired) electrons. The fourth-order valence-corrected chi connectivity index (χ4v) is 3.45. The highest BCUT2D eigenvalue weighted by Crippen LogP contribution is 2.28. The Balaban J connectivity index is 1.46. The summed E-state index contributed by atoms with van der Waals surface area (Å²) in [4.78, 5) is 19.0. The molecule has 152 valence electrons. The molecule has 1 N–H and O–H groups in total. The topological polar surface area (TPSA) is 80.3 Å². The van der Waals surface area contributed by atoms with Gasteiger partial charge in [-0.05, 0) is 57.4 Å². The molecule has 1 amide bonds. The maximum atomic E-state index is 12.6. The number of aromatic amines is 1. The van der Waals surface area contributed by atoms with Gasteiger partial charge < -0.3 is 9.47 Å². The van der Waals surface area contributed by atoms with Crippen LogP contribution in [-0.4, -0.2) is 40.0 Å². The molecule has 7 heteroatoms. The van der Waals surface area contributed by atoms with Crippen LogP contribution in [-0.2, 0) is 17.6 Å². The number of carbonyl (C=O) groups is 1. The number of benzene rings is 1. The molecule has 4 rings (SSSR count). The van der Waals surface area contributed by atoms with Crippen LogP contribution in [0, 0.1) is 0 Å². The maximum Gasteiger partial charge on any atom is 0.416 e. The second kappa shape index (κ2) is 7.73. The van der Waals surface area contributed by atoms with Crippen LogP contribution in [0.3, 0.4) is 0 Å². The monoisotopic (exact) mass is 394 g/mol. The Labute approximate surface area is 170 Å². The van der Waals surface area contributed by atoms with E-state index in [1.54, 1.807) is 11.1 Å². The van der Waals surface area contributed by atoms with E-state index in [4.69, 9.17) is 14.5 Å². The van der Waals surface area contributed by atoms with Crippen LogP contribution in [0.1, 0.15) is 38.4 Å². The number of carbonyl (C=O) groups excluding carboxylic acids is 1. The third-order valence-electron chi connectivity index (χ3n) is 4.77. The summed E-state index contributed by atoms with van der Waals surface area (Å²) in [6, 6.07) is 9.91. The van der Waals surface area contributed by atoms with E-state index in [9.17, 15) is 4.79 Å². The van der Waals surface area contributed by atoms with Crippen LogP contribution in [0.2, 0.25) is 0 Å². The van der Waals surface area contributed by atoms with Gasteiger partial charge in [-0.3, -0.25) is 10.00 Å². The third kappa shape index (κ3) is 4.34. The summed E-state index contributed by atoms with van der Waals surface area (Å²) in [6.45, 7) is 6.73. The molecule has 3 aromatic rings. The van der Waals surface area contributed by atoms with Gasteiger partial charge >= 0.3 is 6.09 Å². The molecule has 0 fully saturated rings. The SMILES string of the molecule is CC(C)(C)OC(=O)N1CCCc2ccc(CCOc3cccc4[nH]ncc34)nc21. The number of H-pyrrole nitrogens is 1. The van der Waals surface area contributed by atoms with E-state index in [0.717, 1.165) is 40.8 Å². The molecule has 7 nitrogen and oxygen atoms in total. The lowest BCUT2D eigenvalue weighted by Crippen LogP contribution is -2.40. The van der Waals surface area contributed by atoms with E-state index in [0.29, 0.717) is 25.4 Å². The number of ether oxygens (including phenoxy) is 2. The van der Waals surface area contributed by atoms with Gasteiger partial charge in [-0.1, -0.05) is 12.1 Å². The molecule has 0 aliphatic carbocycles. The van der Waals surface area contributed by atoms with E-state index >= 15 is 0 Å². The molecule has 1 aliphatic heterocycles. The highest BCUT2D eigenvalue weighted by molar-refractivity contribution is 5.88. The molecule has 29 heavy (non-hydrogen) atoms. The van der Waals surface area contributed by atoms with Gasteiger partial charge in [0.1, 0.15) is 17.2 Å². The van der Waals surface area contributed by atoms with Crippen molar-refractivity contribution in [3.8, 4) is 5.75 Å². The van der Waals surface area contributed by atoms with Gasteiger partial charge in [-0.25, -0.2) is 9.78 Å². The molecule has 0 saturated heterocycles. The van der Waals surface area contributed by atoms with Crippen molar-refractivity contribution in [2.24, 2.45) is 0 Å². The zero-order valence-electron chi connectivity index (χ0n) is 17.1. The van der Waals surface area contributed by atoms with Gasteiger partial charge in [0.05, 0.1) is 23.7 Å². The summed E-state index contributed by atoms with van der Waals surface area (Å²) in [7, 11) is 0. The number of anilines is 1. The van der Waals surface area contributed by atoms with E-state index < -0.39 is 5.60 Å². The average Bonchev–Trinajstić information content (AvgIpc) is 3.16. The zero-order valence-corrected chi connectivity index (χ0v) is 17.1. The molecule has 0 spiro atoms. The molecular formula is C22H26N4O3. The maximum absolute atomic E-state index is 12.6. The number of aromatic nitrogens is 3. The number of hydrogen-bond donors (Lipinski definition) is 1. The van der Waals surface area contributed by atoms with Crippen molar-refractivity contribution < 1.29 is 14.3 Å². The van der Waals surface area contributed by atoms with Crippen molar-refractivity contribution in [3.05, 3.63) is 47.8 Å². The summed E-state index contributed by atoms with van der Waals surface area (Å²) in [5.41, 5.74) is 2.38. The number of aryl methyl sites for hydroxylation is 1. The molecule has 0 bridgehead atoms. The van der Waals surface area contributed by atoms with Crippen LogP contribution in [0.15, 0.2) is 36.5 Å². The second-order valence-corrected chi connectivity index (χ2v) is 8.21. The summed E-state index contributed by atoms with van der Waals surface area (Å²) in [6.07, 6.45) is 3.89. The summed E-state index contributed by atoms with van der Waals surface area (Å²) < 4.78 is 11.5. The summed E-state index contributed by atoms with van der Waals surface area (Å²) in [5, 5.41) is 7.96. The number of nitrogens with one attached hydrogen (secondary N) is 1. The lowest BCUT2D eigenvalue weighted by atomic mass is 10.1. The van der Waals surface area contributed by atoms with Crippen molar-refractivity contribution in [3.63, 3.8) is 0 Å². The molecule has 1 aromatic carbocycles. The van der Waals surface area contributed by atoms with E-state index in [2.05, 4.69) is 16.3 Å².